The maximum Gasteiger partial charge on any atom is 0.306 e. The number of rotatable bonds is 5. The quantitative estimate of drug-likeness (QED) is 0.760. The number of anilines is 1. The molecule has 16 heavy (non-hydrogen) atoms. The van der Waals surface area contributed by atoms with E-state index < -0.39 is 0 Å². The number of nitrogens with two attached hydrogens (primary N) is 1. The van der Waals surface area contributed by atoms with Crippen LogP contribution in [0.1, 0.15) is 18.9 Å². The fourth-order valence-corrected chi connectivity index (χ4v) is 1.27. The maximum atomic E-state index is 11.1. The van der Waals surface area contributed by atoms with Gasteiger partial charge in [0.05, 0.1) is 13.7 Å². The van der Waals surface area contributed by atoms with Gasteiger partial charge in [-0.15, -0.1) is 0 Å². The van der Waals surface area contributed by atoms with Crippen LogP contribution < -0.4 is 10.5 Å². The molecule has 0 spiro atoms. The van der Waals surface area contributed by atoms with Crippen molar-refractivity contribution in [1.82, 2.24) is 4.98 Å². The van der Waals surface area contributed by atoms with Crippen molar-refractivity contribution < 1.29 is 14.3 Å². The number of ether oxygens (including phenoxy) is 2. The monoisotopic (exact) mass is 224 g/mol. The Hall–Kier alpha value is -1.78. The van der Waals surface area contributed by atoms with Crippen LogP contribution in [-0.2, 0) is 16.0 Å². The van der Waals surface area contributed by atoms with Crippen LogP contribution in [0, 0.1) is 0 Å². The van der Waals surface area contributed by atoms with Crippen LogP contribution in [-0.4, -0.2) is 24.7 Å². The molecule has 2 N–H and O–H groups in total. The van der Waals surface area contributed by atoms with Crippen LogP contribution in [0.4, 0.5) is 5.69 Å². The molecule has 0 aliphatic carbocycles. The van der Waals surface area contributed by atoms with Crippen LogP contribution in [0.3, 0.4) is 0 Å². The summed E-state index contributed by atoms with van der Waals surface area (Å²) in [5.74, 6) is 0.245. The van der Waals surface area contributed by atoms with E-state index in [1.165, 1.54) is 7.11 Å². The second-order valence-corrected chi connectivity index (χ2v) is 3.23. The van der Waals surface area contributed by atoms with E-state index in [-0.39, 0.29) is 5.97 Å². The van der Waals surface area contributed by atoms with E-state index >= 15 is 0 Å². The minimum absolute atomic E-state index is 0.224. The van der Waals surface area contributed by atoms with Crippen molar-refractivity contribution in [2.75, 3.05) is 19.5 Å². The molecule has 0 unspecified atom stereocenters. The van der Waals surface area contributed by atoms with Crippen molar-refractivity contribution in [2.45, 2.75) is 19.8 Å². The number of pyridine rings is 1. The number of esters is 1. The number of carbonyl (C=O) groups excluding carboxylic acids is 1. The first-order valence-electron chi connectivity index (χ1n) is 5.11. The number of nitrogen functional groups attached to an aromatic ring is 1. The molecule has 1 heterocycles. The molecule has 0 aromatic carbocycles. The van der Waals surface area contributed by atoms with Crippen molar-refractivity contribution in [3.8, 4) is 5.88 Å². The lowest BCUT2D eigenvalue weighted by Crippen LogP contribution is -2.06. The molecule has 0 aliphatic heterocycles. The zero-order valence-electron chi connectivity index (χ0n) is 9.53. The summed E-state index contributed by atoms with van der Waals surface area (Å²) in [6.07, 6.45) is 2.46. The zero-order valence-corrected chi connectivity index (χ0v) is 9.53. The third-order valence-corrected chi connectivity index (χ3v) is 2.11. The van der Waals surface area contributed by atoms with Gasteiger partial charge in [-0.05, 0) is 18.9 Å². The highest BCUT2D eigenvalue weighted by Crippen LogP contribution is 2.17. The topological polar surface area (TPSA) is 74.4 Å². The van der Waals surface area contributed by atoms with Gasteiger partial charge in [-0.1, -0.05) is 0 Å². The molecule has 0 atom stereocenters. The van der Waals surface area contributed by atoms with Gasteiger partial charge in [0.15, 0.2) is 0 Å². The lowest BCUT2D eigenvalue weighted by molar-refractivity contribution is -0.143. The molecule has 1 aromatic rings. The number of aryl methyl sites for hydroxylation is 1. The summed E-state index contributed by atoms with van der Waals surface area (Å²) >= 11 is 0. The molecule has 0 fully saturated rings. The van der Waals surface area contributed by atoms with E-state index in [0.29, 0.717) is 31.0 Å². The Balaban J connectivity index is 2.57. The second kappa shape index (κ2) is 5.95. The third-order valence-electron chi connectivity index (χ3n) is 2.11. The minimum Gasteiger partial charge on any atom is -0.481 e. The molecule has 1 rings (SSSR count). The Morgan fingerprint density at radius 1 is 1.56 bits per heavy atom. The molecule has 0 radical (unpaired) electrons. The van der Waals surface area contributed by atoms with Crippen LogP contribution in [0.15, 0.2) is 12.3 Å². The van der Waals surface area contributed by atoms with E-state index in [1.54, 1.807) is 19.2 Å². The SMILES string of the molecule is CCOC(=O)CCc1cnc(OC)cc1N. The Morgan fingerprint density at radius 2 is 2.31 bits per heavy atom. The number of hydrogen-bond acceptors (Lipinski definition) is 5. The summed E-state index contributed by atoms with van der Waals surface area (Å²) in [6, 6.07) is 1.64. The molecule has 0 aliphatic rings. The molecule has 0 saturated carbocycles. The predicted octanol–water partition coefficient (Wildman–Crippen LogP) is 1.17. The second-order valence-electron chi connectivity index (χ2n) is 3.23. The van der Waals surface area contributed by atoms with Gasteiger partial charge < -0.3 is 15.2 Å². The first-order chi connectivity index (χ1) is 7.67. The summed E-state index contributed by atoms with van der Waals surface area (Å²) in [5, 5.41) is 0. The normalized spacial score (nSPS) is 9.88. The smallest absolute Gasteiger partial charge is 0.306 e. The molecule has 0 amide bonds. The highest BCUT2D eigenvalue weighted by molar-refractivity contribution is 5.70. The van der Waals surface area contributed by atoms with Crippen molar-refractivity contribution in [3.63, 3.8) is 0 Å². The van der Waals surface area contributed by atoms with E-state index in [0.717, 1.165) is 5.56 Å². The average Bonchev–Trinajstić information content (AvgIpc) is 2.27. The lowest BCUT2D eigenvalue weighted by atomic mass is 10.1. The summed E-state index contributed by atoms with van der Waals surface area (Å²) < 4.78 is 9.75. The molecule has 5 heteroatoms. The summed E-state index contributed by atoms with van der Waals surface area (Å²) in [4.78, 5) is 15.2. The molecule has 1 aromatic heterocycles. The Bertz CT molecular complexity index is 366. The molecule has 0 bridgehead atoms. The van der Waals surface area contributed by atoms with Gasteiger partial charge in [-0.3, -0.25) is 4.79 Å². The highest BCUT2D eigenvalue weighted by Gasteiger charge is 2.06. The van der Waals surface area contributed by atoms with Gasteiger partial charge in [0.1, 0.15) is 0 Å². The Labute approximate surface area is 94.6 Å². The van der Waals surface area contributed by atoms with Gasteiger partial charge >= 0.3 is 5.97 Å². The average molecular weight is 224 g/mol. The number of aromatic nitrogens is 1. The van der Waals surface area contributed by atoms with Gasteiger partial charge in [-0.2, -0.15) is 0 Å². The van der Waals surface area contributed by atoms with Crippen molar-refractivity contribution in [1.29, 1.82) is 0 Å². The van der Waals surface area contributed by atoms with Crippen molar-refractivity contribution in [2.24, 2.45) is 0 Å². The Morgan fingerprint density at radius 3 is 2.88 bits per heavy atom. The summed E-state index contributed by atoms with van der Waals surface area (Å²) in [6.45, 7) is 2.18. The zero-order chi connectivity index (χ0) is 12.0. The fourth-order valence-electron chi connectivity index (χ4n) is 1.27. The minimum atomic E-state index is -0.224. The standard InChI is InChI=1S/C11H16N2O3/c1-3-16-11(14)5-4-8-7-13-10(15-2)6-9(8)12/h6-7H,3-5H2,1-2H3,(H2,12,13). The van der Waals surface area contributed by atoms with Crippen molar-refractivity contribution >= 4 is 11.7 Å². The number of hydrogen-bond donors (Lipinski definition) is 1. The first kappa shape index (κ1) is 12.3. The summed E-state index contributed by atoms with van der Waals surface area (Å²) in [7, 11) is 1.53. The van der Waals surface area contributed by atoms with Crippen LogP contribution in [0.25, 0.3) is 0 Å². The molecular formula is C11H16N2O3. The lowest BCUT2D eigenvalue weighted by Gasteiger charge is -2.06. The predicted molar refractivity (Wildman–Crippen MR) is 60.2 cm³/mol. The van der Waals surface area contributed by atoms with E-state index in [9.17, 15) is 4.79 Å². The van der Waals surface area contributed by atoms with Crippen LogP contribution >= 0.6 is 0 Å². The largest absolute Gasteiger partial charge is 0.481 e. The summed E-state index contributed by atoms with van der Waals surface area (Å²) in [5.41, 5.74) is 7.19. The van der Waals surface area contributed by atoms with Gasteiger partial charge in [-0.25, -0.2) is 4.98 Å². The Kier molecular flexibility index (Phi) is 4.57. The van der Waals surface area contributed by atoms with E-state index in [1.807, 2.05) is 0 Å². The van der Waals surface area contributed by atoms with Crippen molar-refractivity contribution in [3.05, 3.63) is 17.8 Å². The number of methoxy groups -OCH3 is 1. The molecule has 5 nitrogen and oxygen atoms in total. The third kappa shape index (κ3) is 3.42. The van der Waals surface area contributed by atoms with Crippen LogP contribution in [0.5, 0.6) is 5.88 Å². The molecule has 88 valence electrons. The van der Waals surface area contributed by atoms with Crippen LogP contribution in [0.2, 0.25) is 0 Å². The number of nitrogens with zero attached hydrogens (tertiary/aromatic N) is 1. The molecule has 0 saturated heterocycles. The van der Waals surface area contributed by atoms with Gasteiger partial charge in [0.25, 0.3) is 0 Å². The maximum absolute atomic E-state index is 11.1. The number of carbonyl (C=O) groups is 1. The van der Waals surface area contributed by atoms with Gasteiger partial charge in [0, 0.05) is 24.4 Å². The fraction of sp³-hybridized carbons (Fsp3) is 0.455. The van der Waals surface area contributed by atoms with E-state index in [2.05, 4.69) is 4.98 Å². The first-order valence-corrected chi connectivity index (χ1v) is 5.11. The molecular weight excluding hydrogens is 208 g/mol. The van der Waals surface area contributed by atoms with Gasteiger partial charge in [0.2, 0.25) is 5.88 Å². The van der Waals surface area contributed by atoms with E-state index in [4.69, 9.17) is 15.2 Å². The highest BCUT2D eigenvalue weighted by atomic mass is 16.5.